The Hall–Kier alpha value is -2.89. The van der Waals surface area contributed by atoms with Crippen molar-refractivity contribution < 1.29 is 14.4 Å². The van der Waals surface area contributed by atoms with Crippen molar-refractivity contribution in [2.24, 2.45) is 0 Å². The Morgan fingerprint density at radius 1 is 0.718 bits per heavy atom. The highest BCUT2D eigenvalue weighted by Gasteiger charge is 2.48. The molecule has 0 amide bonds. The van der Waals surface area contributed by atoms with Gasteiger partial charge in [-0.3, -0.25) is 14.4 Å². The summed E-state index contributed by atoms with van der Waals surface area (Å²) >= 11 is 0. The monoisotopic (exact) mass is 556 g/mol. The van der Waals surface area contributed by atoms with Crippen LogP contribution in [0.15, 0.2) is 106 Å². The molecule has 3 unspecified atom stereocenters. The van der Waals surface area contributed by atoms with Crippen LogP contribution in [0.5, 0.6) is 0 Å². The van der Waals surface area contributed by atoms with Gasteiger partial charge < -0.3 is 0 Å². The summed E-state index contributed by atoms with van der Waals surface area (Å²) < 4.78 is 0. The van der Waals surface area contributed by atoms with Crippen molar-refractivity contribution in [1.29, 1.82) is 0 Å². The molecule has 2 aliphatic rings. The molecule has 0 radical (unpaired) electrons. The molecule has 0 aliphatic heterocycles. The number of carbonyl (C=O) groups is 3. The van der Waals surface area contributed by atoms with Gasteiger partial charge in [0.05, 0.1) is 10.9 Å². The highest BCUT2D eigenvalue weighted by molar-refractivity contribution is 7.99. The van der Waals surface area contributed by atoms with E-state index >= 15 is 0 Å². The van der Waals surface area contributed by atoms with Gasteiger partial charge in [0.25, 0.3) is 0 Å². The van der Waals surface area contributed by atoms with Crippen molar-refractivity contribution in [2.75, 3.05) is 5.75 Å². The lowest BCUT2D eigenvalue weighted by Gasteiger charge is -2.28. The maximum absolute atomic E-state index is 13.1. The molecule has 0 N–H and O–H groups in total. The molecule has 2 fully saturated rings. The lowest BCUT2D eigenvalue weighted by molar-refractivity contribution is -0.119. The molecule has 3 aromatic rings. The maximum Gasteiger partial charge on any atom is 0.205 e. The molecular formula is C34H36O3S2+2. The van der Waals surface area contributed by atoms with E-state index in [1.54, 1.807) is 0 Å². The Balaban J connectivity index is 1.52. The first kappa shape index (κ1) is 27.7. The van der Waals surface area contributed by atoms with Crippen LogP contribution in [0.3, 0.4) is 0 Å². The topological polar surface area (TPSA) is 51.2 Å². The van der Waals surface area contributed by atoms with Crippen molar-refractivity contribution in [3.63, 3.8) is 0 Å². The predicted octanol–water partition coefficient (Wildman–Crippen LogP) is 7.15. The third-order valence-corrected chi connectivity index (χ3v) is 13.0. The Morgan fingerprint density at radius 2 is 1.26 bits per heavy atom. The van der Waals surface area contributed by atoms with Crippen molar-refractivity contribution in [1.82, 2.24) is 0 Å². The zero-order valence-corrected chi connectivity index (χ0v) is 24.0. The SMILES string of the molecule is C=CC(=O)C[S+](c1ccccc1)c1cccc(-c2cccc([S+](C3CCCCC3=O)C3CCCCC3=O)c2)c1. The fraction of sp³-hybridized carbons (Fsp3) is 0.324. The Labute approximate surface area is 237 Å². The average Bonchev–Trinajstić information content (AvgIpc) is 2.98. The average molecular weight is 557 g/mol. The van der Waals surface area contributed by atoms with Gasteiger partial charge in [-0.15, -0.1) is 0 Å². The van der Waals surface area contributed by atoms with Gasteiger partial charge >= 0.3 is 0 Å². The second-order valence-electron chi connectivity index (χ2n) is 10.3. The van der Waals surface area contributed by atoms with E-state index in [4.69, 9.17) is 0 Å². The van der Waals surface area contributed by atoms with Gasteiger partial charge in [-0.25, -0.2) is 0 Å². The number of allylic oxidation sites excluding steroid dienone is 1. The summed E-state index contributed by atoms with van der Waals surface area (Å²) in [6.45, 7) is 3.69. The van der Waals surface area contributed by atoms with E-state index in [1.807, 2.05) is 18.2 Å². The number of rotatable bonds is 9. The molecule has 0 saturated heterocycles. The zero-order chi connectivity index (χ0) is 27.2. The van der Waals surface area contributed by atoms with Crippen LogP contribution in [0, 0.1) is 0 Å². The summed E-state index contributed by atoms with van der Waals surface area (Å²) in [6.07, 6.45) is 8.54. The third-order valence-electron chi connectivity index (χ3n) is 7.71. The summed E-state index contributed by atoms with van der Waals surface area (Å²) in [5.74, 6) is 1.12. The molecule has 3 atom stereocenters. The van der Waals surface area contributed by atoms with Crippen molar-refractivity contribution >= 4 is 39.1 Å². The van der Waals surface area contributed by atoms with Crippen molar-refractivity contribution in [2.45, 2.75) is 76.6 Å². The van der Waals surface area contributed by atoms with Gasteiger partial charge in [-0.1, -0.05) is 49.0 Å². The Bertz CT molecular complexity index is 1320. The van der Waals surface area contributed by atoms with Crippen LogP contribution >= 0.6 is 0 Å². The molecule has 5 heteroatoms. The fourth-order valence-electron chi connectivity index (χ4n) is 5.71. The standard InChI is InChI=1S/C34H36O3S2/c1-2-27(35)24-38(28-14-4-3-5-15-28)29-16-10-12-25(22-29)26-13-11-17-30(23-26)39(33-20-8-6-18-31(33)36)34-21-9-7-19-32(34)37/h2-5,10-17,22-23,33-34H,1,6-9,18-21,24H2/q+2. The van der Waals surface area contributed by atoms with Crippen LogP contribution in [-0.4, -0.2) is 33.6 Å². The van der Waals surface area contributed by atoms with E-state index in [0.29, 0.717) is 30.2 Å². The maximum atomic E-state index is 13.1. The molecule has 5 rings (SSSR count). The van der Waals surface area contributed by atoms with E-state index in [9.17, 15) is 14.4 Å². The molecule has 0 heterocycles. The predicted molar refractivity (Wildman–Crippen MR) is 162 cm³/mol. The summed E-state index contributed by atoms with van der Waals surface area (Å²) in [7, 11) is -0.816. The number of hydrogen-bond acceptors (Lipinski definition) is 3. The first-order valence-electron chi connectivity index (χ1n) is 13.9. The van der Waals surface area contributed by atoms with E-state index in [-0.39, 0.29) is 16.3 Å². The molecule has 39 heavy (non-hydrogen) atoms. The third kappa shape index (κ3) is 6.47. The molecule has 0 bridgehead atoms. The van der Waals surface area contributed by atoms with Crippen LogP contribution in [0.4, 0.5) is 0 Å². The van der Waals surface area contributed by atoms with E-state index in [1.165, 1.54) is 6.08 Å². The van der Waals surface area contributed by atoms with Crippen LogP contribution < -0.4 is 0 Å². The molecular weight excluding hydrogens is 521 g/mol. The lowest BCUT2D eigenvalue weighted by atomic mass is 9.98. The second kappa shape index (κ2) is 13.0. The minimum Gasteiger partial charge on any atom is -0.294 e. The first-order valence-corrected chi connectivity index (χ1v) is 16.7. The van der Waals surface area contributed by atoms with Crippen molar-refractivity contribution in [3.8, 4) is 11.1 Å². The molecule has 3 aromatic carbocycles. The molecule has 0 spiro atoms. The minimum absolute atomic E-state index is 0.0351. The number of carbonyl (C=O) groups excluding carboxylic acids is 3. The minimum atomic E-state index is -0.411. The Kier molecular flexibility index (Phi) is 9.21. The van der Waals surface area contributed by atoms with E-state index in [0.717, 1.165) is 64.3 Å². The number of benzene rings is 3. The molecule has 200 valence electrons. The van der Waals surface area contributed by atoms with Gasteiger partial charge in [-0.2, -0.15) is 0 Å². The molecule has 3 nitrogen and oxygen atoms in total. The summed E-state index contributed by atoms with van der Waals surface area (Å²) in [6, 6.07) is 27.2. The highest BCUT2D eigenvalue weighted by atomic mass is 32.2. The van der Waals surface area contributed by atoms with Gasteiger partial charge in [0, 0.05) is 48.7 Å². The van der Waals surface area contributed by atoms with E-state index in [2.05, 4.69) is 67.2 Å². The number of ketones is 3. The van der Waals surface area contributed by atoms with Crippen molar-refractivity contribution in [3.05, 3.63) is 91.5 Å². The zero-order valence-electron chi connectivity index (χ0n) is 22.3. The van der Waals surface area contributed by atoms with Gasteiger partial charge in [-0.05, 0) is 67.2 Å². The number of hydrogen-bond donors (Lipinski definition) is 0. The number of Topliss-reactive ketones (excluding diaryl/α,β-unsaturated/α-hetero) is 2. The van der Waals surface area contributed by atoms with E-state index < -0.39 is 21.8 Å². The van der Waals surface area contributed by atoms with Crippen LogP contribution in [0.1, 0.15) is 51.4 Å². The summed E-state index contributed by atoms with van der Waals surface area (Å²) in [5, 5.41) is -0.0810. The lowest BCUT2D eigenvalue weighted by Crippen LogP contribution is -2.44. The molecule has 0 aromatic heterocycles. The largest absolute Gasteiger partial charge is 0.294 e. The first-order chi connectivity index (χ1) is 19.0. The molecule has 2 saturated carbocycles. The van der Waals surface area contributed by atoms with Crippen LogP contribution in [0.2, 0.25) is 0 Å². The second-order valence-corrected chi connectivity index (χ2v) is 14.7. The van der Waals surface area contributed by atoms with Gasteiger partial charge in [0.15, 0.2) is 42.5 Å². The van der Waals surface area contributed by atoms with Gasteiger partial charge in [0.2, 0.25) is 5.78 Å². The van der Waals surface area contributed by atoms with Gasteiger partial charge in [0.1, 0.15) is 0 Å². The van der Waals surface area contributed by atoms with Crippen LogP contribution in [0.25, 0.3) is 11.1 Å². The van der Waals surface area contributed by atoms with Crippen LogP contribution in [-0.2, 0) is 36.2 Å². The summed E-state index contributed by atoms with van der Waals surface area (Å²) in [4.78, 5) is 42.1. The highest BCUT2D eigenvalue weighted by Crippen LogP contribution is 2.38. The summed E-state index contributed by atoms with van der Waals surface area (Å²) in [5.41, 5.74) is 2.17. The fourth-order valence-corrected chi connectivity index (χ4v) is 10.9. The quantitative estimate of drug-likeness (QED) is 0.208. The molecule has 2 aliphatic carbocycles. The smallest absolute Gasteiger partial charge is 0.205 e. The Morgan fingerprint density at radius 3 is 1.82 bits per heavy atom. The normalized spacial score (nSPS) is 21.2.